The molecule has 0 heterocycles. The van der Waals surface area contributed by atoms with Gasteiger partial charge in [-0.1, -0.05) is 11.6 Å². The van der Waals surface area contributed by atoms with Gasteiger partial charge in [-0.05, 0) is 24.6 Å². The molecule has 0 aromatic heterocycles. The van der Waals surface area contributed by atoms with Crippen molar-refractivity contribution in [3.05, 3.63) is 34.6 Å². The van der Waals surface area contributed by atoms with Crippen LogP contribution in [0.4, 0.5) is 4.39 Å². The van der Waals surface area contributed by atoms with Crippen LogP contribution in [0.5, 0.6) is 0 Å². The van der Waals surface area contributed by atoms with Crippen LogP contribution in [0.1, 0.15) is 18.0 Å². The normalized spacial score (nSPS) is 12.9. The maximum absolute atomic E-state index is 13.2. The van der Waals surface area contributed by atoms with Gasteiger partial charge in [-0.25, -0.2) is 4.39 Å². The summed E-state index contributed by atoms with van der Waals surface area (Å²) in [6.07, 6.45) is 0.540. The molecule has 72 valence electrons. The summed E-state index contributed by atoms with van der Waals surface area (Å²) in [5, 5.41) is 0.487. The molecule has 13 heavy (non-hydrogen) atoms. The van der Waals surface area contributed by atoms with Crippen LogP contribution in [0.3, 0.4) is 0 Å². The first-order chi connectivity index (χ1) is 6.15. The summed E-state index contributed by atoms with van der Waals surface area (Å²) in [5.41, 5.74) is 6.12. The van der Waals surface area contributed by atoms with Crippen molar-refractivity contribution in [3.63, 3.8) is 0 Å². The van der Waals surface area contributed by atoms with E-state index in [1.807, 2.05) is 0 Å². The summed E-state index contributed by atoms with van der Waals surface area (Å²) in [4.78, 5) is 0. The lowest BCUT2D eigenvalue weighted by Gasteiger charge is -2.11. The summed E-state index contributed by atoms with van der Waals surface area (Å²) >= 11 is 11.2. The third kappa shape index (κ3) is 2.83. The number of hydrogen-bond acceptors (Lipinski definition) is 1. The fraction of sp³-hybridized carbons (Fsp3) is 0.333. The van der Waals surface area contributed by atoms with Gasteiger partial charge in [0.1, 0.15) is 5.82 Å². The molecule has 0 aliphatic heterocycles. The topological polar surface area (TPSA) is 26.0 Å². The Morgan fingerprint density at radius 2 is 2.15 bits per heavy atom. The molecule has 0 saturated heterocycles. The average molecular weight is 222 g/mol. The van der Waals surface area contributed by atoms with E-state index in [2.05, 4.69) is 0 Å². The fourth-order valence-electron chi connectivity index (χ4n) is 1.07. The molecule has 0 fully saturated rings. The zero-order chi connectivity index (χ0) is 9.84. The third-order valence-corrected chi connectivity index (χ3v) is 2.23. The molecule has 4 heteroatoms. The van der Waals surface area contributed by atoms with Crippen molar-refractivity contribution in [3.8, 4) is 0 Å². The Morgan fingerprint density at radius 1 is 1.46 bits per heavy atom. The van der Waals surface area contributed by atoms with Gasteiger partial charge in [0.25, 0.3) is 0 Å². The van der Waals surface area contributed by atoms with E-state index < -0.39 is 0 Å². The number of halogens is 3. The second-order valence-electron chi connectivity index (χ2n) is 2.75. The molecule has 1 atom stereocenters. The van der Waals surface area contributed by atoms with Crippen LogP contribution in [0.15, 0.2) is 18.2 Å². The van der Waals surface area contributed by atoms with E-state index in [9.17, 15) is 4.39 Å². The van der Waals surface area contributed by atoms with Gasteiger partial charge in [0.15, 0.2) is 0 Å². The standard InChI is InChI=1S/C9H10Cl2FN/c10-4-3-9(13)7-5-6(11)1-2-8(7)12/h1-2,5,9H,3-4,13H2. The van der Waals surface area contributed by atoms with Gasteiger partial charge in [-0.2, -0.15) is 0 Å². The summed E-state index contributed by atoms with van der Waals surface area (Å²) in [6, 6.07) is 3.96. The fourth-order valence-corrected chi connectivity index (χ4v) is 1.49. The Kier molecular flexibility index (Phi) is 3.97. The summed E-state index contributed by atoms with van der Waals surface area (Å²) in [6.45, 7) is 0. The highest BCUT2D eigenvalue weighted by atomic mass is 35.5. The van der Waals surface area contributed by atoms with Gasteiger partial charge in [-0.15, -0.1) is 11.6 Å². The van der Waals surface area contributed by atoms with Crippen LogP contribution in [0.25, 0.3) is 0 Å². The van der Waals surface area contributed by atoms with E-state index in [4.69, 9.17) is 28.9 Å². The number of rotatable bonds is 3. The summed E-state index contributed by atoms with van der Waals surface area (Å²) in [5.74, 6) is 0.0784. The minimum absolute atomic E-state index is 0.331. The summed E-state index contributed by atoms with van der Waals surface area (Å²) < 4.78 is 13.2. The molecule has 0 aliphatic rings. The van der Waals surface area contributed by atoms with E-state index in [1.165, 1.54) is 18.2 Å². The van der Waals surface area contributed by atoms with Gasteiger partial charge >= 0.3 is 0 Å². The third-order valence-electron chi connectivity index (χ3n) is 1.78. The second-order valence-corrected chi connectivity index (χ2v) is 3.56. The maximum atomic E-state index is 13.2. The molecule has 0 spiro atoms. The molecule has 0 amide bonds. The molecule has 1 unspecified atom stereocenters. The first-order valence-corrected chi connectivity index (χ1v) is 4.83. The van der Waals surface area contributed by atoms with Crippen molar-refractivity contribution in [2.45, 2.75) is 12.5 Å². The van der Waals surface area contributed by atoms with E-state index in [-0.39, 0.29) is 11.9 Å². The predicted octanol–water partition coefficient (Wildman–Crippen LogP) is 3.11. The van der Waals surface area contributed by atoms with Crippen molar-refractivity contribution >= 4 is 23.2 Å². The highest BCUT2D eigenvalue weighted by molar-refractivity contribution is 6.30. The minimum atomic E-state index is -0.379. The number of hydrogen-bond donors (Lipinski definition) is 1. The molecule has 0 radical (unpaired) electrons. The van der Waals surface area contributed by atoms with Crippen molar-refractivity contribution in [2.24, 2.45) is 5.73 Å². The van der Waals surface area contributed by atoms with Crippen LogP contribution in [0, 0.1) is 5.82 Å². The molecule has 1 rings (SSSR count). The van der Waals surface area contributed by atoms with Crippen LogP contribution in [0.2, 0.25) is 5.02 Å². The lowest BCUT2D eigenvalue weighted by Crippen LogP contribution is -2.12. The zero-order valence-electron chi connectivity index (χ0n) is 6.93. The largest absolute Gasteiger partial charge is 0.324 e. The number of nitrogens with two attached hydrogens (primary N) is 1. The smallest absolute Gasteiger partial charge is 0.128 e. The predicted molar refractivity (Wildman–Crippen MR) is 53.7 cm³/mol. The second kappa shape index (κ2) is 4.80. The SMILES string of the molecule is NC(CCCl)c1cc(Cl)ccc1F. The maximum Gasteiger partial charge on any atom is 0.128 e. The average Bonchev–Trinajstić information content (AvgIpc) is 2.09. The molecule has 1 nitrogen and oxygen atoms in total. The Bertz CT molecular complexity index is 291. The van der Waals surface area contributed by atoms with Crippen molar-refractivity contribution in [2.75, 3.05) is 5.88 Å². The first kappa shape index (κ1) is 10.8. The molecule has 0 bridgehead atoms. The van der Waals surface area contributed by atoms with Gasteiger partial charge in [0.2, 0.25) is 0 Å². The lowest BCUT2D eigenvalue weighted by molar-refractivity contribution is 0.576. The van der Waals surface area contributed by atoms with Crippen molar-refractivity contribution in [1.29, 1.82) is 0 Å². The highest BCUT2D eigenvalue weighted by Crippen LogP contribution is 2.22. The molecule has 0 aliphatic carbocycles. The van der Waals surface area contributed by atoms with Crippen LogP contribution in [-0.2, 0) is 0 Å². The Hall–Kier alpha value is -0.310. The number of alkyl halides is 1. The van der Waals surface area contributed by atoms with E-state index >= 15 is 0 Å². The molecular weight excluding hydrogens is 212 g/mol. The lowest BCUT2D eigenvalue weighted by atomic mass is 10.1. The molecule has 0 saturated carbocycles. The van der Waals surface area contributed by atoms with Gasteiger partial charge in [-0.3, -0.25) is 0 Å². The van der Waals surface area contributed by atoms with E-state index in [0.29, 0.717) is 22.9 Å². The van der Waals surface area contributed by atoms with Crippen LogP contribution < -0.4 is 5.73 Å². The highest BCUT2D eigenvalue weighted by Gasteiger charge is 2.10. The summed E-state index contributed by atoms with van der Waals surface area (Å²) in [7, 11) is 0. The van der Waals surface area contributed by atoms with Gasteiger partial charge in [0.05, 0.1) is 0 Å². The molecule has 1 aromatic rings. The molecule has 1 aromatic carbocycles. The van der Waals surface area contributed by atoms with Crippen molar-refractivity contribution < 1.29 is 4.39 Å². The van der Waals surface area contributed by atoms with Crippen molar-refractivity contribution in [1.82, 2.24) is 0 Å². The zero-order valence-corrected chi connectivity index (χ0v) is 8.45. The molecule has 2 N–H and O–H groups in total. The monoisotopic (exact) mass is 221 g/mol. The van der Waals surface area contributed by atoms with Gasteiger partial charge in [0, 0.05) is 22.5 Å². The Labute approximate surface area is 86.6 Å². The Balaban J connectivity index is 2.91. The first-order valence-electron chi connectivity index (χ1n) is 3.91. The number of benzene rings is 1. The Morgan fingerprint density at radius 3 is 2.77 bits per heavy atom. The van der Waals surface area contributed by atoms with E-state index in [1.54, 1.807) is 0 Å². The van der Waals surface area contributed by atoms with Crippen LogP contribution in [-0.4, -0.2) is 5.88 Å². The van der Waals surface area contributed by atoms with Gasteiger partial charge < -0.3 is 5.73 Å². The molecular formula is C9H10Cl2FN. The van der Waals surface area contributed by atoms with Crippen LogP contribution >= 0.6 is 23.2 Å². The minimum Gasteiger partial charge on any atom is -0.324 e. The quantitative estimate of drug-likeness (QED) is 0.781. The van der Waals surface area contributed by atoms with E-state index in [0.717, 1.165) is 0 Å².